The van der Waals surface area contributed by atoms with Gasteiger partial charge in [-0.1, -0.05) is 6.07 Å². The van der Waals surface area contributed by atoms with Crippen molar-refractivity contribution in [2.45, 2.75) is 39.2 Å². The van der Waals surface area contributed by atoms with Gasteiger partial charge in [-0.05, 0) is 51.9 Å². The molecule has 0 aliphatic rings. The van der Waals surface area contributed by atoms with Gasteiger partial charge in [0.05, 0.1) is 0 Å². The Morgan fingerprint density at radius 2 is 1.95 bits per heavy atom. The molecule has 0 saturated carbocycles. The van der Waals surface area contributed by atoms with Crippen LogP contribution in [0.1, 0.15) is 44.0 Å². The smallest absolute Gasteiger partial charge is 0.251 e. The SMILES string of the molecule is CC(C)(C)NC(=O)c1cccc(NC(=O)CCCN)c1. The molecule has 0 aliphatic heterocycles. The first-order chi connectivity index (χ1) is 9.31. The molecule has 5 nitrogen and oxygen atoms in total. The summed E-state index contributed by atoms with van der Waals surface area (Å²) in [5.74, 6) is -0.251. The molecule has 0 atom stereocenters. The highest BCUT2D eigenvalue weighted by molar-refractivity contribution is 5.97. The van der Waals surface area contributed by atoms with Crippen LogP contribution in [-0.4, -0.2) is 23.9 Å². The molecule has 0 bridgehead atoms. The highest BCUT2D eigenvalue weighted by Gasteiger charge is 2.15. The molecule has 0 unspecified atom stereocenters. The number of benzene rings is 1. The Kier molecular flexibility index (Phi) is 5.70. The first-order valence-corrected chi connectivity index (χ1v) is 6.74. The molecule has 0 saturated heterocycles. The quantitative estimate of drug-likeness (QED) is 0.768. The molecule has 1 aromatic carbocycles. The van der Waals surface area contributed by atoms with E-state index < -0.39 is 0 Å². The second kappa shape index (κ2) is 7.05. The third-order valence-electron chi connectivity index (χ3n) is 2.51. The van der Waals surface area contributed by atoms with Gasteiger partial charge < -0.3 is 16.4 Å². The molecular formula is C15H23N3O2. The van der Waals surface area contributed by atoms with Crippen LogP contribution in [0.2, 0.25) is 0 Å². The van der Waals surface area contributed by atoms with Crippen LogP contribution in [-0.2, 0) is 4.79 Å². The standard InChI is InChI=1S/C15H23N3O2/c1-15(2,3)18-14(20)11-6-4-7-12(10-11)17-13(19)8-5-9-16/h4,6-7,10H,5,8-9,16H2,1-3H3,(H,17,19)(H,18,20). The van der Waals surface area contributed by atoms with Crippen LogP contribution in [0.3, 0.4) is 0 Å². The lowest BCUT2D eigenvalue weighted by Crippen LogP contribution is -2.40. The zero-order valence-electron chi connectivity index (χ0n) is 12.3. The van der Waals surface area contributed by atoms with E-state index in [-0.39, 0.29) is 17.4 Å². The van der Waals surface area contributed by atoms with Crippen molar-refractivity contribution in [2.75, 3.05) is 11.9 Å². The number of rotatable bonds is 5. The topological polar surface area (TPSA) is 84.2 Å². The Morgan fingerprint density at radius 1 is 1.25 bits per heavy atom. The zero-order chi connectivity index (χ0) is 15.2. The predicted octanol–water partition coefficient (Wildman–Crippen LogP) is 1.89. The molecule has 0 aliphatic carbocycles. The van der Waals surface area contributed by atoms with Crippen LogP contribution in [0.25, 0.3) is 0 Å². The van der Waals surface area contributed by atoms with Crippen molar-refractivity contribution < 1.29 is 9.59 Å². The van der Waals surface area contributed by atoms with E-state index in [4.69, 9.17) is 5.73 Å². The van der Waals surface area contributed by atoms with Crippen molar-refractivity contribution in [3.63, 3.8) is 0 Å². The van der Waals surface area contributed by atoms with Gasteiger partial charge in [0.15, 0.2) is 0 Å². The van der Waals surface area contributed by atoms with E-state index in [0.717, 1.165) is 0 Å². The van der Waals surface area contributed by atoms with Crippen molar-refractivity contribution in [1.82, 2.24) is 5.32 Å². The summed E-state index contributed by atoms with van der Waals surface area (Å²) >= 11 is 0. The number of hydrogen-bond donors (Lipinski definition) is 3. The summed E-state index contributed by atoms with van der Waals surface area (Å²) in [5.41, 5.74) is 6.21. The average molecular weight is 277 g/mol. The van der Waals surface area contributed by atoms with E-state index in [0.29, 0.717) is 30.6 Å². The first kappa shape index (κ1) is 16.2. The number of amides is 2. The summed E-state index contributed by atoms with van der Waals surface area (Å²) in [5, 5.41) is 5.64. The van der Waals surface area contributed by atoms with E-state index in [9.17, 15) is 9.59 Å². The van der Waals surface area contributed by atoms with Gasteiger partial charge in [0.1, 0.15) is 0 Å². The highest BCUT2D eigenvalue weighted by atomic mass is 16.2. The second-order valence-corrected chi connectivity index (χ2v) is 5.73. The summed E-state index contributed by atoms with van der Waals surface area (Å²) < 4.78 is 0. The van der Waals surface area contributed by atoms with Crippen LogP contribution < -0.4 is 16.4 Å². The lowest BCUT2D eigenvalue weighted by molar-refractivity contribution is -0.116. The molecule has 4 N–H and O–H groups in total. The van der Waals surface area contributed by atoms with Crippen LogP contribution in [0.15, 0.2) is 24.3 Å². The number of hydrogen-bond acceptors (Lipinski definition) is 3. The zero-order valence-corrected chi connectivity index (χ0v) is 12.3. The molecule has 110 valence electrons. The highest BCUT2D eigenvalue weighted by Crippen LogP contribution is 2.12. The van der Waals surface area contributed by atoms with Gasteiger partial charge in [0.25, 0.3) is 5.91 Å². The molecule has 0 aromatic heterocycles. The maximum absolute atomic E-state index is 12.0. The fraction of sp³-hybridized carbons (Fsp3) is 0.467. The Labute approximate surface area is 119 Å². The third-order valence-corrected chi connectivity index (χ3v) is 2.51. The first-order valence-electron chi connectivity index (χ1n) is 6.74. The maximum Gasteiger partial charge on any atom is 0.251 e. The van der Waals surface area contributed by atoms with Crippen molar-refractivity contribution in [3.8, 4) is 0 Å². The maximum atomic E-state index is 12.0. The third kappa shape index (κ3) is 5.84. The number of anilines is 1. The fourth-order valence-corrected chi connectivity index (χ4v) is 1.64. The molecule has 0 radical (unpaired) electrons. The monoisotopic (exact) mass is 277 g/mol. The number of carbonyl (C=O) groups excluding carboxylic acids is 2. The summed E-state index contributed by atoms with van der Waals surface area (Å²) in [4.78, 5) is 23.6. The fourth-order valence-electron chi connectivity index (χ4n) is 1.64. The molecule has 0 fully saturated rings. The second-order valence-electron chi connectivity index (χ2n) is 5.73. The Hall–Kier alpha value is -1.88. The van der Waals surface area contributed by atoms with Gasteiger partial charge in [-0.2, -0.15) is 0 Å². The van der Waals surface area contributed by atoms with Gasteiger partial charge in [0, 0.05) is 23.2 Å². The minimum atomic E-state index is -0.294. The van der Waals surface area contributed by atoms with Gasteiger partial charge in [-0.15, -0.1) is 0 Å². The molecule has 1 aromatic rings. The van der Waals surface area contributed by atoms with Crippen LogP contribution in [0.4, 0.5) is 5.69 Å². The van der Waals surface area contributed by atoms with Crippen molar-refractivity contribution in [2.24, 2.45) is 5.73 Å². The van der Waals surface area contributed by atoms with Gasteiger partial charge in [-0.3, -0.25) is 9.59 Å². The van der Waals surface area contributed by atoms with Crippen LogP contribution in [0, 0.1) is 0 Å². The number of carbonyl (C=O) groups is 2. The molecular weight excluding hydrogens is 254 g/mol. The van der Waals surface area contributed by atoms with Crippen molar-refractivity contribution >= 4 is 17.5 Å². The lowest BCUT2D eigenvalue weighted by atomic mass is 10.1. The van der Waals surface area contributed by atoms with E-state index in [1.807, 2.05) is 20.8 Å². The van der Waals surface area contributed by atoms with Gasteiger partial charge in [0.2, 0.25) is 5.91 Å². The Morgan fingerprint density at radius 3 is 2.55 bits per heavy atom. The molecule has 2 amide bonds. The van der Waals surface area contributed by atoms with Crippen LogP contribution >= 0.6 is 0 Å². The molecule has 0 heterocycles. The Bertz CT molecular complexity index is 478. The van der Waals surface area contributed by atoms with Gasteiger partial charge >= 0.3 is 0 Å². The van der Waals surface area contributed by atoms with E-state index in [1.165, 1.54) is 0 Å². The minimum Gasteiger partial charge on any atom is -0.347 e. The average Bonchev–Trinajstić information content (AvgIpc) is 2.34. The van der Waals surface area contributed by atoms with Crippen molar-refractivity contribution in [3.05, 3.63) is 29.8 Å². The van der Waals surface area contributed by atoms with E-state index >= 15 is 0 Å². The largest absolute Gasteiger partial charge is 0.347 e. The van der Waals surface area contributed by atoms with Gasteiger partial charge in [-0.25, -0.2) is 0 Å². The van der Waals surface area contributed by atoms with Crippen LogP contribution in [0.5, 0.6) is 0 Å². The molecule has 20 heavy (non-hydrogen) atoms. The van der Waals surface area contributed by atoms with E-state index in [1.54, 1.807) is 24.3 Å². The number of nitrogens with two attached hydrogens (primary N) is 1. The lowest BCUT2D eigenvalue weighted by Gasteiger charge is -2.20. The summed E-state index contributed by atoms with van der Waals surface area (Å²) in [6, 6.07) is 6.89. The summed E-state index contributed by atoms with van der Waals surface area (Å²) in [6.07, 6.45) is 1.03. The Balaban J connectivity index is 2.70. The summed E-state index contributed by atoms with van der Waals surface area (Å²) in [7, 11) is 0. The molecule has 5 heteroatoms. The normalized spacial score (nSPS) is 11.0. The van der Waals surface area contributed by atoms with E-state index in [2.05, 4.69) is 10.6 Å². The molecule has 1 rings (SSSR count). The van der Waals surface area contributed by atoms with Crippen molar-refractivity contribution in [1.29, 1.82) is 0 Å². The predicted molar refractivity (Wildman–Crippen MR) is 80.6 cm³/mol. The molecule has 0 spiro atoms. The minimum absolute atomic E-state index is 0.0937. The number of nitrogens with one attached hydrogen (secondary N) is 2. The summed E-state index contributed by atoms with van der Waals surface area (Å²) in [6.45, 7) is 6.25.